The summed E-state index contributed by atoms with van der Waals surface area (Å²) >= 11 is 0. The van der Waals surface area contributed by atoms with E-state index in [2.05, 4.69) is 69.6 Å². The van der Waals surface area contributed by atoms with Gasteiger partial charge in [0.15, 0.2) is 6.19 Å². The smallest absolute Gasteiger partial charge is 0.229 e. The number of likely N-dealkylation sites (N-methyl/N-ethyl adjacent to an activating group) is 1. The third-order valence-electron chi connectivity index (χ3n) is 6.62. The van der Waals surface area contributed by atoms with Crippen LogP contribution in [0.25, 0.3) is 0 Å². The van der Waals surface area contributed by atoms with Crippen LogP contribution in [0, 0.1) is 18.4 Å². The van der Waals surface area contributed by atoms with Crippen LogP contribution in [0.2, 0.25) is 0 Å². The SMILES string of the molecule is Cc1nc(Nc2ccc(N3CCN(C)CC3)cc2)nc2c1CCN2Cc1cccc(NC#N)c1. The van der Waals surface area contributed by atoms with Crippen LogP contribution in [0.1, 0.15) is 16.8 Å². The van der Waals surface area contributed by atoms with E-state index in [-0.39, 0.29) is 0 Å². The lowest BCUT2D eigenvalue weighted by Gasteiger charge is -2.34. The molecule has 2 aliphatic heterocycles. The number of aryl methyl sites for hydroxylation is 1. The Bertz CT molecular complexity index is 1190. The van der Waals surface area contributed by atoms with Gasteiger partial charge in [0.25, 0.3) is 0 Å². The van der Waals surface area contributed by atoms with Gasteiger partial charge >= 0.3 is 0 Å². The number of nitriles is 1. The van der Waals surface area contributed by atoms with Gasteiger partial charge in [-0.1, -0.05) is 12.1 Å². The predicted octanol–water partition coefficient (Wildman–Crippen LogP) is 3.74. The molecule has 1 fully saturated rings. The molecular weight excluding hydrogens is 424 g/mol. The second kappa shape index (κ2) is 9.57. The van der Waals surface area contributed by atoms with Crippen molar-refractivity contribution in [2.75, 3.05) is 60.2 Å². The molecule has 0 amide bonds. The van der Waals surface area contributed by atoms with Crippen LogP contribution in [0.4, 0.5) is 28.8 Å². The normalized spacial score (nSPS) is 15.7. The Hall–Kier alpha value is -3.83. The number of piperazine rings is 1. The van der Waals surface area contributed by atoms with E-state index >= 15 is 0 Å². The fourth-order valence-electron chi connectivity index (χ4n) is 4.68. The van der Waals surface area contributed by atoms with Gasteiger partial charge in [-0.2, -0.15) is 10.2 Å². The van der Waals surface area contributed by atoms with Crippen molar-refractivity contribution in [3.8, 4) is 6.19 Å². The van der Waals surface area contributed by atoms with Crippen molar-refractivity contribution in [3.05, 3.63) is 65.4 Å². The first kappa shape index (κ1) is 22.0. The highest BCUT2D eigenvalue weighted by molar-refractivity contribution is 5.63. The minimum atomic E-state index is 0.621. The minimum absolute atomic E-state index is 0.621. The minimum Gasteiger partial charge on any atom is -0.369 e. The zero-order valence-corrected chi connectivity index (χ0v) is 19.8. The molecule has 5 rings (SSSR count). The lowest BCUT2D eigenvalue weighted by Crippen LogP contribution is -2.44. The second-order valence-corrected chi connectivity index (χ2v) is 9.01. The van der Waals surface area contributed by atoms with Gasteiger partial charge in [-0.3, -0.25) is 5.32 Å². The number of hydrogen-bond donors (Lipinski definition) is 2. The summed E-state index contributed by atoms with van der Waals surface area (Å²) in [6, 6.07) is 16.5. The van der Waals surface area contributed by atoms with Gasteiger partial charge in [0.2, 0.25) is 5.95 Å². The fraction of sp³-hybridized carbons (Fsp3) is 0.346. The molecule has 3 aromatic rings. The van der Waals surface area contributed by atoms with E-state index in [1.165, 1.54) is 11.3 Å². The molecule has 0 aliphatic carbocycles. The van der Waals surface area contributed by atoms with Crippen LogP contribution in [0.15, 0.2) is 48.5 Å². The average Bonchev–Trinajstić information content (AvgIpc) is 3.24. The highest BCUT2D eigenvalue weighted by atomic mass is 15.3. The average molecular weight is 455 g/mol. The summed E-state index contributed by atoms with van der Waals surface area (Å²) in [5.74, 6) is 1.61. The molecule has 0 saturated carbocycles. The molecule has 2 aliphatic rings. The molecule has 3 heterocycles. The Morgan fingerprint density at radius 2 is 1.76 bits per heavy atom. The molecule has 0 spiro atoms. The molecule has 0 unspecified atom stereocenters. The Morgan fingerprint density at radius 3 is 2.53 bits per heavy atom. The highest BCUT2D eigenvalue weighted by Crippen LogP contribution is 2.31. The number of hydrogen-bond acceptors (Lipinski definition) is 8. The summed E-state index contributed by atoms with van der Waals surface area (Å²) in [6.45, 7) is 8.01. The Kier molecular flexibility index (Phi) is 6.19. The summed E-state index contributed by atoms with van der Waals surface area (Å²) in [5.41, 5.74) is 6.41. The molecule has 0 radical (unpaired) electrons. The van der Waals surface area contributed by atoms with Gasteiger partial charge in [-0.15, -0.1) is 0 Å². The fourth-order valence-corrected chi connectivity index (χ4v) is 4.68. The Labute approximate surface area is 200 Å². The van der Waals surface area contributed by atoms with Crippen LogP contribution in [0.3, 0.4) is 0 Å². The van der Waals surface area contributed by atoms with E-state index in [0.29, 0.717) is 5.95 Å². The molecule has 8 heteroatoms. The predicted molar refractivity (Wildman–Crippen MR) is 137 cm³/mol. The molecular formula is C26H30N8. The monoisotopic (exact) mass is 454 g/mol. The number of nitrogens with zero attached hydrogens (tertiary/aromatic N) is 6. The molecule has 2 aromatic carbocycles. The standard InChI is InChI=1S/C26H30N8/c1-19-24-10-11-34(17-20-4-3-5-22(16-20)28-18-27)25(24)31-26(29-19)30-21-6-8-23(9-7-21)33-14-12-32(2)13-15-33/h3-9,16,28H,10-15,17H2,1-2H3,(H,29,30,31). The van der Waals surface area contributed by atoms with E-state index < -0.39 is 0 Å². The largest absolute Gasteiger partial charge is 0.369 e. The quantitative estimate of drug-likeness (QED) is 0.431. The summed E-state index contributed by atoms with van der Waals surface area (Å²) in [5, 5.41) is 15.0. The molecule has 0 bridgehead atoms. The van der Waals surface area contributed by atoms with Gasteiger partial charge in [0.1, 0.15) is 5.82 Å². The van der Waals surface area contributed by atoms with E-state index in [9.17, 15) is 0 Å². The zero-order chi connectivity index (χ0) is 23.5. The maximum absolute atomic E-state index is 8.90. The van der Waals surface area contributed by atoms with Crippen molar-refractivity contribution >= 4 is 28.8 Å². The first-order chi connectivity index (χ1) is 16.6. The van der Waals surface area contributed by atoms with E-state index in [4.69, 9.17) is 15.2 Å². The number of benzene rings is 2. The topological polar surface area (TPSA) is 83.4 Å². The third kappa shape index (κ3) is 4.75. The van der Waals surface area contributed by atoms with Crippen LogP contribution in [0.5, 0.6) is 0 Å². The zero-order valence-electron chi connectivity index (χ0n) is 19.8. The van der Waals surface area contributed by atoms with Crippen LogP contribution in [-0.4, -0.2) is 54.6 Å². The van der Waals surface area contributed by atoms with Gasteiger partial charge in [0.05, 0.1) is 0 Å². The van der Waals surface area contributed by atoms with E-state index in [0.717, 1.165) is 74.1 Å². The maximum atomic E-state index is 8.90. The first-order valence-corrected chi connectivity index (χ1v) is 11.8. The number of rotatable bonds is 6. The highest BCUT2D eigenvalue weighted by Gasteiger charge is 2.24. The van der Waals surface area contributed by atoms with Crippen molar-refractivity contribution in [2.45, 2.75) is 19.9 Å². The molecule has 1 aromatic heterocycles. The van der Waals surface area contributed by atoms with Crippen molar-refractivity contribution < 1.29 is 0 Å². The number of aromatic nitrogens is 2. The van der Waals surface area contributed by atoms with Crippen LogP contribution < -0.4 is 20.4 Å². The van der Waals surface area contributed by atoms with Gasteiger partial charge in [-0.05, 0) is 62.4 Å². The lowest BCUT2D eigenvalue weighted by molar-refractivity contribution is 0.313. The molecule has 8 nitrogen and oxygen atoms in total. The molecule has 1 saturated heterocycles. The number of fused-ring (bicyclic) bond motifs is 1. The third-order valence-corrected chi connectivity index (χ3v) is 6.62. The Balaban J connectivity index is 1.30. The van der Waals surface area contributed by atoms with Crippen molar-refractivity contribution in [1.82, 2.24) is 14.9 Å². The van der Waals surface area contributed by atoms with Crippen LogP contribution >= 0.6 is 0 Å². The molecule has 0 atom stereocenters. The molecule has 34 heavy (non-hydrogen) atoms. The first-order valence-electron chi connectivity index (χ1n) is 11.8. The van der Waals surface area contributed by atoms with Gasteiger partial charge < -0.3 is 20.0 Å². The lowest BCUT2D eigenvalue weighted by atomic mass is 10.2. The summed E-state index contributed by atoms with van der Waals surface area (Å²) in [7, 11) is 2.17. The summed E-state index contributed by atoms with van der Waals surface area (Å²) in [4.78, 5) is 16.7. The summed E-state index contributed by atoms with van der Waals surface area (Å²) < 4.78 is 0. The molecule has 174 valence electrons. The molecule has 2 N–H and O–H groups in total. The van der Waals surface area contributed by atoms with Crippen molar-refractivity contribution in [3.63, 3.8) is 0 Å². The number of nitrogens with one attached hydrogen (secondary N) is 2. The van der Waals surface area contributed by atoms with Gasteiger partial charge in [-0.25, -0.2) is 4.98 Å². The second-order valence-electron chi connectivity index (χ2n) is 9.01. The maximum Gasteiger partial charge on any atom is 0.229 e. The van der Waals surface area contributed by atoms with Crippen molar-refractivity contribution in [2.24, 2.45) is 0 Å². The van der Waals surface area contributed by atoms with Gasteiger partial charge in [0, 0.05) is 67.6 Å². The van der Waals surface area contributed by atoms with E-state index in [1.54, 1.807) is 0 Å². The van der Waals surface area contributed by atoms with Crippen molar-refractivity contribution in [1.29, 1.82) is 5.26 Å². The van der Waals surface area contributed by atoms with Crippen LogP contribution in [-0.2, 0) is 13.0 Å². The Morgan fingerprint density at radius 1 is 0.971 bits per heavy atom. The summed E-state index contributed by atoms with van der Waals surface area (Å²) in [6.07, 6.45) is 2.93. The van der Waals surface area contributed by atoms with E-state index in [1.807, 2.05) is 24.4 Å². The number of anilines is 5.